The molecule has 0 aromatic rings. The molecule has 70 valence electrons. The van der Waals surface area contributed by atoms with Gasteiger partial charge in [-0.05, 0) is 33.1 Å². The molecule has 1 saturated heterocycles. The van der Waals surface area contributed by atoms with E-state index in [-0.39, 0.29) is 17.8 Å². The van der Waals surface area contributed by atoms with Crippen LogP contribution in [0.1, 0.15) is 33.1 Å². The van der Waals surface area contributed by atoms with Crippen LogP contribution in [0.2, 0.25) is 0 Å². The molecule has 0 amide bonds. The number of hydrogen-bond donors (Lipinski definition) is 1. The molecule has 2 nitrogen and oxygen atoms in total. The monoisotopic (exact) mass is 170 g/mol. The third-order valence-corrected chi connectivity index (χ3v) is 2.43. The molecule has 0 saturated carbocycles. The zero-order valence-electron chi connectivity index (χ0n) is 7.92. The van der Waals surface area contributed by atoms with Crippen LogP contribution >= 0.6 is 0 Å². The van der Waals surface area contributed by atoms with E-state index in [1.54, 1.807) is 6.92 Å². The van der Waals surface area contributed by atoms with Gasteiger partial charge in [0.15, 0.2) is 0 Å². The van der Waals surface area contributed by atoms with Crippen LogP contribution in [0, 0.1) is 0 Å². The Morgan fingerprint density at radius 2 is 2.50 bits per heavy atom. The SMILES string of the molecule is C=CC1(C)CCC(C[C@@H](C)O)O1. The highest BCUT2D eigenvalue weighted by Crippen LogP contribution is 2.32. The van der Waals surface area contributed by atoms with E-state index in [0.717, 1.165) is 19.3 Å². The highest BCUT2D eigenvalue weighted by Gasteiger charge is 2.33. The van der Waals surface area contributed by atoms with E-state index in [9.17, 15) is 0 Å². The first-order chi connectivity index (χ1) is 5.56. The van der Waals surface area contributed by atoms with Gasteiger partial charge in [0.25, 0.3) is 0 Å². The quantitative estimate of drug-likeness (QED) is 0.655. The molecule has 1 aliphatic rings. The lowest BCUT2D eigenvalue weighted by molar-refractivity contribution is -0.0155. The standard InChI is InChI=1S/C10H18O2/c1-4-10(3)6-5-9(12-10)7-8(2)11/h4,8-9,11H,1,5-7H2,2-3H3/t8-,9?,10?/m1/s1. The predicted molar refractivity (Wildman–Crippen MR) is 49.0 cm³/mol. The highest BCUT2D eigenvalue weighted by molar-refractivity contribution is 4.98. The number of aliphatic hydroxyl groups is 1. The maximum atomic E-state index is 9.15. The van der Waals surface area contributed by atoms with Gasteiger partial charge in [-0.2, -0.15) is 0 Å². The van der Waals surface area contributed by atoms with Crippen molar-refractivity contribution in [3.05, 3.63) is 12.7 Å². The average Bonchev–Trinajstić information content (AvgIpc) is 2.32. The minimum absolute atomic E-state index is 0.153. The fourth-order valence-electron chi connectivity index (χ4n) is 1.64. The van der Waals surface area contributed by atoms with Crippen molar-refractivity contribution in [1.82, 2.24) is 0 Å². The molecule has 0 aliphatic carbocycles. The Kier molecular flexibility index (Phi) is 2.91. The maximum absolute atomic E-state index is 9.15. The molecule has 2 heteroatoms. The third-order valence-electron chi connectivity index (χ3n) is 2.43. The molecule has 1 N–H and O–H groups in total. The smallest absolute Gasteiger partial charge is 0.0836 e. The Morgan fingerprint density at radius 1 is 1.83 bits per heavy atom. The average molecular weight is 170 g/mol. The zero-order valence-corrected chi connectivity index (χ0v) is 7.92. The molecule has 1 heterocycles. The molecule has 0 radical (unpaired) electrons. The Morgan fingerprint density at radius 3 is 2.92 bits per heavy atom. The lowest BCUT2D eigenvalue weighted by atomic mass is 10.0. The molecule has 1 rings (SSSR count). The van der Waals surface area contributed by atoms with Gasteiger partial charge in [0.2, 0.25) is 0 Å². The van der Waals surface area contributed by atoms with Crippen LogP contribution in [0.25, 0.3) is 0 Å². The van der Waals surface area contributed by atoms with Crippen molar-refractivity contribution in [2.75, 3.05) is 0 Å². The molecule has 3 atom stereocenters. The van der Waals surface area contributed by atoms with Crippen LogP contribution in [0.15, 0.2) is 12.7 Å². The minimum Gasteiger partial charge on any atom is -0.393 e. The van der Waals surface area contributed by atoms with E-state index in [2.05, 4.69) is 6.58 Å². The van der Waals surface area contributed by atoms with Gasteiger partial charge >= 0.3 is 0 Å². The molecule has 0 aromatic carbocycles. The minimum atomic E-state index is -0.262. The summed E-state index contributed by atoms with van der Waals surface area (Å²) < 4.78 is 5.73. The summed E-state index contributed by atoms with van der Waals surface area (Å²) in [4.78, 5) is 0. The summed E-state index contributed by atoms with van der Waals surface area (Å²) in [6.45, 7) is 7.58. The Labute approximate surface area is 74.2 Å². The summed E-state index contributed by atoms with van der Waals surface area (Å²) in [6.07, 6.45) is 4.61. The topological polar surface area (TPSA) is 29.5 Å². The Bertz CT molecular complexity index is 165. The zero-order chi connectivity index (χ0) is 9.19. The van der Waals surface area contributed by atoms with Gasteiger partial charge in [0, 0.05) is 0 Å². The second kappa shape index (κ2) is 3.58. The number of rotatable bonds is 3. The fourth-order valence-corrected chi connectivity index (χ4v) is 1.64. The first-order valence-electron chi connectivity index (χ1n) is 4.55. The molecular weight excluding hydrogens is 152 g/mol. The summed E-state index contributed by atoms with van der Waals surface area (Å²) in [7, 11) is 0. The van der Waals surface area contributed by atoms with Crippen LogP contribution < -0.4 is 0 Å². The van der Waals surface area contributed by atoms with E-state index in [4.69, 9.17) is 9.84 Å². The van der Waals surface area contributed by atoms with Gasteiger partial charge in [-0.15, -0.1) is 6.58 Å². The number of ether oxygens (including phenoxy) is 1. The van der Waals surface area contributed by atoms with E-state index in [1.165, 1.54) is 0 Å². The van der Waals surface area contributed by atoms with Crippen molar-refractivity contribution in [3.63, 3.8) is 0 Å². The van der Waals surface area contributed by atoms with Crippen LogP contribution in [0.3, 0.4) is 0 Å². The van der Waals surface area contributed by atoms with Crippen molar-refractivity contribution in [2.45, 2.75) is 50.9 Å². The summed E-state index contributed by atoms with van der Waals surface area (Å²) in [6, 6.07) is 0. The summed E-state index contributed by atoms with van der Waals surface area (Å²) in [5, 5.41) is 9.15. The molecule has 1 aliphatic heterocycles. The second-order valence-corrected chi connectivity index (χ2v) is 3.88. The van der Waals surface area contributed by atoms with Crippen molar-refractivity contribution in [1.29, 1.82) is 0 Å². The maximum Gasteiger partial charge on any atom is 0.0836 e. The van der Waals surface area contributed by atoms with Crippen molar-refractivity contribution in [3.8, 4) is 0 Å². The fraction of sp³-hybridized carbons (Fsp3) is 0.800. The van der Waals surface area contributed by atoms with E-state index >= 15 is 0 Å². The van der Waals surface area contributed by atoms with E-state index < -0.39 is 0 Å². The van der Waals surface area contributed by atoms with Crippen molar-refractivity contribution >= 4 is 0 Å². The molecule has 12 heavy (non-hydrogen) atoms. The second-order valence-electron chi connectivity index (χ2n) is 3.88. The summed E-state index contributed by atoms with van der Waals surface area (Å²) >= 11 is 0. The van der Waals surface area contributed by atoms with Gasteiger partial charge in [-0.3, -0.25) is 0 Å². The van der Waals surface area contributed by atoms with Gasteiger partial charge in [-0.25, -0.2) is 0 Å². The molecule has 0 spiro atoms. The van der Waals surface area contributed by atoms with Crippen molar-refractivity contribution < 1.29 is 9.84 Å². The predicted octanol–water partition coefficient (Wildman–Crippen LogP) is 1.88. The van der Waals surface area contributed by atoms with Gasteiger partial charge in [0.05, 0.1) is 17.8 Å². The Balaban J connectivity index is 2.40. The molecule has 0 aromatic heterocycles. The number of aliphatic hydroxyl groups excluding tert-OH is 1. The van der Waals surface area contributed by atoms with Crippen LogP contribution in [0.5, 0.6) is 0 Å². The van der Waals surface area contributed by atoms with E-state index in [0.29, 0.717) is 0 Å². The van der Waals surface area contributed by atoms with Crippen LogP contribution in [0.4, 0.5) is 0 Å². The van der Waals surface area contributed by atoms with Crippen molar-refractivity contribution in [2.24, 2.45) is 0 Å². The molecule has 2 unspecified atom stereocenters. The largest absolute Gasteiger partial charge is 0.393 e. The lowest BCUT2D eigenvalue weighted by Crippen LogP contribution is -2.23. The molecular formula is C10H18O2. The summed E-state index contributed by atoms with van der Waals surface area (Å²) in [5.74, 6) is 0. The molecule has 0 bridgehead atoms. The highest BCUT2D eigenvalue weighted by atomic mass is 16.5. The van der Waals surface area contributed by atoms with Crippen LogP contribution in [-0.4, -0.2) is 22.9 Å². The van der Waals surface area contributed by atoms with Crippen LogP contribution in [-0.2, 0) is 4.74 Å². The first kappa shape index (κ1) is 9.75. The Hall–Kier alpha value is -0.340. The van der Waals surface area contributed by atoms with Gasteiger partial charge in [-0.1, -0.05) is 6.08 Å². The summed E-state index contributed by atoms with van der Waals surface area (Å²) in [5.41, 5.74) is -0.153. The third kappa shape index (κ3) is 2.32. The molecule has 1 fully saturated rings. The normalized spacial score (nSPS) is 38.1. The number of hydrogen-bond acceptors (Lipinski definition) is 2. The lowest BCUT2D eigenvalue weighted by Gasteiger charge is -2.20. The first-order valence-corrected chi connectivity index (χ1v) is 4.55. The van der Waals surface area contributed by atoms with Gasteiger partial charge in [0.1, 0.15) is 0 Å². The van der Waals surface area contributed by atoms with E-state index in [1.807, 2.05) is 13.0 Å². The van der Waals surface area contributed by atoms with Gasteiger partial charge < -0.3 is 9.84 Å².